The number of aliphatic hydroxyl groups excluding tert-OH is 2. The van der Waals surface area contributed by atoms with Gasteiger partial charge in [-0.15, -0.1) is 0 Å². The minimum atomic E-state index is -0.330. The van der Waals surface area contributed by atoms with Gasteiger partial charge >= 0.3 is 0 Å². The summed E-state index contributed by atoms with van der Waals surface area (Å²) in [6.45, 7) is 1.68. The summed E-state index contributed by atoms with van der Waals surface area (Å²) in [7, 11) is 0. The number of hydrogen-bond acceptors (Lipinski definition) is 6. The summed E-state index contributed by atoms with van der Waals surface area (Å²) in [6.07, 6.45) is 1.56. The largest absolute Gasteiger partial charge is 0.396 e. The van der Waals surface area contributed by atoms with Crippen LogP contribution in [0, 0.1) is 5.41 Å². The normalized spacial score (nSPS) is 17.9. The van der Waals surface area contributed by atoms with Crippen molar-refractivity contribution < 1.29 is 10.2 Å². The van der Waals surface area contributed by atoms with Crippen molar-refractivity contribution in [3.8, 4) is 11.4 Å². The molecule has 0 atom stereocenters. The Bertz CT molecular complexity index is 574. The van der Waals surface area contributed by atoms with Crippen molar-refractivity contribution in [1.29, 1.82) is 0 Å². The van der Waals surface area contributed by atoms with Gasteiger partial charge in [-0.1, -0.05) is 30.3 Å². The molecule has 1 aliphatic rings. The molecule has 1 fully saturated rings. The smallest absolute Gasteiger partial charge is 0.205 e. The molecule has 0 radical (unpaired) electrons. The molecule has 6 heteroatoms. The van der Waals surface area contributed by atoms with Crippen LogP contribution >= 0.6 is 11.5 Å². The maximum atomic E-state index is 9.45. The van der Waals surface area contributed by atoms with Crippen molar-refractivity contribution >= 4 is 16.7 Å². The van der Waals surface area contributed by atoms with Gasteiger partial charge < -0.3 is 15.1 Å². The maximum Gasteiger partial charge on any atom is 0.205 e. The Morgan fingerprint density at radius 3 is 2.38 bits per heavy atom. The van der Waals surface area contributed by atoms with E-state index >= 15 is 0 Å². The van der Waals surface area contributed by atoms with Gasteiger partial charge in [0, 0.05) is 35.6 Å². The predicted molar refractivity (Wildman–Crippen MR) is 83.4 cm³/mol. The Morgan fingerprint density at radius 2 is 1.76 bits per heavy atom. The van der Waals surface area contributed by atoms with Crippen LogP contribution in [0.3, 0.4) is 0 Å². The fourth-order valence-corrected chi connectivity index (χ4v) is 3.33. The highest BCUT2D eigenvalue weighted by atomic mass is 32.1. The molecular formula is C15H19N3O2S. The third kappa shape index (κ3) is 2.92. The molecule has 2 aromatic rings. The first-order chi connectivity index (χ1) is 10.3. The molecule has 1 saturated heterocycles. The molecule has 0 spiro atoms. The second kappa shape index (κ2) is 6.09. The van der Waals surface area contributed by atoms with Gasteiger partial charge in [0.15, 0.2) is 5.82 Å². The number of anilines is 1. The van der Waals surface area contributed by atoms with Gasteiger partial charge in [-0.05, 0) is 12.8 Å². The van der Waals surface area contributed by atoms with Crippen LogP contribution in [0.25, 0.3) is 11.4 Å². The number of aliphatic hydroxyl groups is 2. The summed E-state index contributed by atoms with van der Waals surface area (Å²) >= 11 is 1.41. The van der Waals surface area contributed by atoms with E-state index in [-0.39, 0.29) is 18.6 Å². The molecular weight excluding hydrogens is 286 g/mol. The van der Waals surface area contributed by atoms with E-state index in [1.54, 1.807) is 0 Å². The zero-order valence-electron chi connectivity index (χ0n) is 11.8. The van der Waals surface area contributed by atoms with Gasteiger partial charge in [-0.25, -0.2) is 0 Å². The zero-order chi connectivity index (χ0) is 14.7. The Morgan fingerprint density at radius 1 is 1.10 bits per heavy atom. The zero-order valence-corrected chi connectivity index (χ0v) is 12.6. The lowest BCUT2D eigenvalue weighted by atomic mass is 9.80. The summed E-state index contributed by atoms with van der Waals surface area (Å²) in [4.78, 5) is 6.80. The molecule has 0 amide bonds. The Labute approximate surface area is 128 Å². The van der Waals surface area contributed by atoms with Gasteiger partial charge in [0.05, 0.1) is 13.2 Å². The van der Waals surface area contributed by atoms with E-state index in [4.69, 9.17) is 0 Å². The lowest BCUT2D eigenvalue weighted by Crippen LogP contribution is -2.44. The molecule has 0 saturated carbocycles. The molecule has 21 heavy (non-hydrogen) atoms. The molecule has 2 N–H and O–H groups in total. The standard InChI is InChI=1S/C15H19N3O2S/c19-10-15(11-20)6-8-18(9-7-15)14-16-13(17-21-14)12-4-2-1-3-5-12/h1-5,19-20H,6-11H2. The Kier molecular flexibility index (Phi) is 4.19. The van der Waals surface area contributed by atoms with E-state index < -0.39 is 0 Å². The van der Waals surface area contributed by atoms with Crippen molar-refractivity contribution in [3.63, 3.8) is 0 Å². The van der Waals surface area contributed by atoms with Gasteiger partial charge in [0.1, 0.15) is 0 Å². The van der Waals surface area contributed by atoms with Crippen LogP contribution in [0.5, 0.6) is 0 Å². The summed E-state index contributed by atoms with van der Waals surface area (Å²) in [5.41, 5.74) is 0.695. The third-order valence-electron chi connectivity index (χ3n) is 4.21. The van der Waals surface area contributed by atoms with Gasteiger partial charge in [0.25, 0.3) is 0 Å². The van der Waals surface area contributed by atoms with E-state index in [9.17, 15) is 10.2 Å². The lowest BCUT2D eigenvalue weighted by Gasteiger charge is -2.39. The fraction of sp³-hybridized carbons (Fsp3) is 0.467. The summed E-state index contributed by atoms with van der Waals surface area (Å²) < 4.78 is 4.43. The fourth-order valence-electron chi connectivity index (χ4n) is 2.59. The molecule has 0 unspecified atom stereocenters. The number of piperidine rings is 1. The van der Waals surface area contributed by atoms with Crippen molar-refractivity contribution in [1.82, 2.24) is 9.36 Å². The topological polar surface area (TPSA) is 69.5 Å². The average molecular weight is 305 g/mol. The van der Waals surface area contributed by atoms with Crippen LogP contribution in [-0.4, -0.2) is 45.9 Å². The minimum Gasteiger partial charge on any atom is -0.396 e. The van der Waals surface area contributed by atoms with Crippen LogP contribution in [0.2, 0.25) is 0 Å². The first-order valence-electron chi connectivity index (χ1n) is 7.12. The highest BCUT2D eigenvalue weighted by molar-refractivity contribution is 7.09. The molecule has 0 bridgehead atoms. The molecule has 5 nitrogen and oxygen atoms in total. The van der Waals surface area contributed by atoms with E-state index in [1.165, 1.54) is 11.5 Å². The van der Waals surface area contributed by atoms with Crippen LogP contribution in [0.1, 0.15) is 12.8 Å². The Hall–Kier alpha value is -1.50. The van der Waals surface area contributed by atoms with E-state index in [0.717, 1.165) is 42.5 Å². The van der Waals surface area contributed by atoms with Crippen molar-refractivity contribution in [2.45, 2.75) is 12.8 Å². The maximum absolute atomic E-state index is 9.45. The lowest BCUT2D eigenvalue weighted by molar-refractivity contribution is 0.0341. The Balaban J connectivity index is 1.71. The predicted octanol–water partition coefficient (Wildman–Crippen LogP) is 1.78. The number of rotatable bonds is 4. The number of hydrogen-bond donors (Lipinski definition) is 2. The number of benzene rings is 1. The molecule has 2 heterocycles. The first kappa shape index (κ1) is 14.4. The number of aromatic nitrogens is 2. The number of nitrogens with zero attached hydrogens (tertiary/aromatic N) is 3. The van der Waals surface area contributed by atoms with Gasteiger partial charge in [-0.2, -0.15) is 9.36 Å². The second-order valence-electron chi connectivity index (χ2n) is 5.57. The van der Waals surface area contributed by atoms with Gasteiger partial charge in [-0.3, -0.25) is 0 Å². The highest BCUT2D eigenvalue weighted by Gasteiger charge is 2.34. The van der Waals surface area contributed by atoms with E-state index in [2.05, 4.69) is 14.3 Å². The molecule has 1 aliphatic heterocycles. The summed E-state index contributed by atoms with van der Waals surface area (Å²) in [5.74, 6) is 0.761. The summed E-state index contributed by atoms with van der Waals surface area (Å²) in [6, 6.07) is 9.95. The monoisotopic (exact) mass is 305 g/mol. The molecule has 112 valence electrons. The van der Waals surface area contributed by atoms with Crippen molar-refractivity contribution in [3.05, 3.63) is 30.3 Å². The van der Waals surface area contributed by atoms with E-state index in [0.29, 0.717) is 0 Å². The second-order valence-corrected chi connectivity index (χ2v) is 6.30. The van der Waals surface area contributed by atoms with Crippen LogP contribution in [-0.2, 0) is 0 Å². The van der Waals surface area contributed by atoms with Crippen LogP contribution in [0.4, 0.5) is 5.13 Å². The van der Waals surface area contributed by atoms with Crippen molar-refractivity contribution in [2.24, 2.45) is 5.41 Å². The SMILES string of the molecule is OCC1(CO)CCN(c2nc(-c3ccccc3)ns2)CC1. The summed E-state index contributed by atoms with van der Waals surface area (Å²) in [5, 5.41) is 19.8. The van der Waals surface area contributed by atoms with E-state index in [1.807, 2.05) is 30.3 Å². The minimum absolute atomic E-state index is 0.0444. The molecule has 3 rings (SSSR count). The third-order valence-corrected chi connectivity index (χ3v) is 4.99. The molecule has 1 aromatic carbocycles. The quantitative estimate of drug-likeness (QED) is 0.901. The highest BCUT2D eigenvalue weighted by Crippen LogP contribution is 2.33. The first-order valence-corrected chi connectivity index (χ1v) is 7.89. The van der Waals surface area contributed by atoms with Gasteiger partial charge in [0.2, 0.25) is 5.13 Å². The van der Waals surface area contributed by atoms with Crippen molar-refractivity contribution in [2.75, 3.05) is 31.2 Å². The van der Waals surface area contributed by atoms with Crippen LogP contribution in [0.15, 0.2) is 30.3 Å². The van der Waals surface area contributed by atoms with Crippen LogP contribution < -0.4 is 4.90 Å². The molecule has 1 aromatic heterocycles. The average Bonchev–Trinajstić information content (AvgIpc) is 3.06. The molecule has 0 aliphatic carbocycles.